The number of amides is 1. The summed E-state index contributed by atoms with van der Waals surface area (Å²) < 4.78 is 5.19. The van der Waals surface area contributed by atoms with E-state index in [4.69, 9.17) is 4.74 Å². The molecule has 20 heavy (non-hydrogen) atoms. The van der Waals surface area contributed by atoms with E-state index >= 15 is 0 Å². The molecule has 1 aromatic rings. The van der Waals surface area contributed by atoms with Crippen LogP contribution in [0.2, 0.25) is 0 Å². The van der Waals surface area contributed by atoms with E-state index in [1.807, 2.05) is 32.1 Å². The number of aryl methyl sites for hydroxylation is 2. The summed E-state index contributed by atoms with van der Waals surface area (Å²) >= 11 is 0. The number of hydrogen-bond donors (Lipinski definition) is 1. The first-order valence-electron chi connectivity index (χ1n) is 7.34. The van der Waals surface area contributed by atoms with Crippen molar-refractivity contribution in [2.75, 3.05) is 0 Å². The third-order valence-electron chi connectivity index (χ3n) is 3.23. The van der Waals surface area contributed by atoms with Gasteiger partial charge in [0.05, 0.1) is 0 Å². The van der Waals surface area contributed by atoms with Crippen LogP contribution in [0, 0.1) is 13.8 Å². The highest BCUT2D eigenvalue weighted by molar-refractivity contribution is 5.71. The molecule has 0 aliphatic heterocycles. The first-order chi connectivity index (χ1) is 9.63. The number of ether oxygens (including phenoxy) is 1. The summed E-state index contributed by atoms with van der Waals surface area (Å²) in [4.78, 5) is 11.6. The molecule has 1 amide bonds. The van der Waals surface area contributed by atoms with Crippen molar-refractivity contribution in [2.45, 2.75) is 52.9 Å². The van der Waals surface area contributed by atoms with Crippen LogP contribution in [0.5, 0.6) is 5.75 Å². The van der Waals surface area contributed by atoms with Gasteiger partial charge in [-0.2, -0.15) is 0 Å². The second-order valence-electron chi connectivity index (χ2n) is 5.03. The first-order valence-corrected chi connectivity index (χ1v) is 7.34. The maximum atomic E-state index is 11.6. The summed E-state index contributed by atoms with van der Waals surface area (Å²) in [5.74, 6) is 0.571. The average Bonchev–Trinajstić information content (AvgIpc) is 2.42. The second-order valence-corrected chi connectivity index (χ2v) is 5.03. The van der Waals surface area contributed by atoms with Crippen LogP contribution >= 0.6 is 0 Å². The number of allylic oxidation sites excluding steroid dienone is 1. The van der Waals surface area contributed by atoms with Gasteiger partial charge in [0.15, 0.2) is 0 Å². The van der Waals surface area contributed by atoms with E-state index in [2.05, 4.69) is 12.2 Å². The molecule has 0 heterocycles. The third kappa shape index (κ3) is 6.41. The Balaban J connectivity index is 2.26. The lowest BCUT2D eigenvalue weighted by Gasteiger charge is -2.06. The molecule has 0 fully saturated rings. The standard InChI is InChI=1S/C17H25NO2/c1-4-5-6-7-8-9-12-18-17(19)20-16-11-10-14(2)15(3)13-16/h9-13H,4-8H2,1-3H3,(H,18,19). The molecular formula is C17H25NO2. The Bertz CT molecular complexity index is 452. The van der Waals surface area contributed by atoms with Gasteiger partial charge in [0.2, 0.25) is 0 Å². The number of nitrogens with one attached hydrogen (secondary N) is 1. The van der Waals surface area contributed by atoms with Gasteiger partial charge in [0.1, 0.15) is 5.75 Å². The third-order valence-corrected chi connectivity index (χ3v) is 3.23. The second kappa shape index (κ2) is 9.18. The number of carbonyl (C=O) groups excluding carboxylic acids is 1. The number of unbranched alkanes of at least 4 members (excludes halogenated alkanes) is 4. The Morgan fingerprint density at radius 3 is 2.70 bits per heavy atom. The van der Waals surface area contributed by atoms with Crippen LogP contribution in [0.1, 0.15) is 50.2 Å². The van der Waals surface area contributed by atoms with Gasteiger partial charge >= 0.3 is 6.09 Å². The fourth-order valence-electron chi connectivity index (χ4n) is 1.81. The summed E-state index contributed by atoms with van der Waals surface area (Å²) in [7, 11) is 0. The van der Waals surface area contributed by atoms with Gasteiger partial charge in [-0.3, -0.25) is 5.32 Å². The summed E-state index contributed by atoms with van der Waals surface area (Å²) in [6.07, 6.45) is 9.10. The molecule has 0 atom stereocenters. The Kier molecular flexibility index (Phi) is 7.48. The molecule has 0 unspecified atom stereocenters. The Labute approximate surface area is 122 Å². The highest BCUT2D eigenvalue weighted by Gasteiger charge is 2.02. The minimum absolute atomic E-state index is 0.446. The molecule has 0 aromatic heterocycles. The van der Waals surface area contributed by atoms with Gasteiger partial charge in [0.25, 0.3) is 0 Å². The van der Waals surface area contributed by atoms with Gasteiger partial charge < -0.3 is 4.74 Å². The average molecular weight is 275 g/mol. The molecule has 1 rings (SSSR count). The van der Waals surface area contributed by atoms with E-state index in [1.165, 1.54) is 24.8 Å². The minimum atomic E-state index is -0.446. The molecule has 3 heteroatoms. The Morgan fingerprint density at radius 1 is 1.20 bits per heavy atom. The maximum Gasteiger partial charge on any atom is 0.416 e. The number of benzene rings is 1. The van der Waals surface area contributed by atoms with Crippen LogP contribution in [0.3, 0.4) is 0 Å². The number of hydrogen-bond acceptors (Lipinski definition) is 2. The molecule has 1 aromatic carbocycles. The fourth-order valence-corrected chi connectivity index (χ4v) is 1.81. The van der Waals surface area contributed by atoms with E-state index in [1.54, 1.807) is 12.3 Å². The monoisotopic (exact) mass is 275 g/mol. The van der Waals surface area contributed by atoms with Crippen molar-refractivity contribution in [3.8, 4) is 5.75 Å². The molecule has 0 aliphatic carbocycles. The maximum absolute atomic E-state index is 11.6. The van der Waals surface area contributed by atoms with Crippen molar-refractivity contribution in [3.05, 3.63) is 41.6 Å². The number of rotatable bonds is 7. The van der Waals surface area contributed by atoms with Crippen molar-refractivity contribution in [2.24, 2.45) is 0 Å². The molecule has 0 saturated carbocycles. The van der Waals surface area contributed by atoms with Crippen molar-refractivity contribution in [1.82, 2.24) is 5.32 Å². The van der Waals surface area contributed by atoms with Gasteiger partial charge in [-0.05, 0) is 49.9 Å². The van der Waals surface area contributed by atoms with Crippen molar-refractivity contribution < 1.29 is 9.53 Å². The summed E-state index contributed by atoms with van der Waals surface area (Å²) in [5, 5.41) is 2.61. The smallest absolute Gasteiger partial charge is 0.410 e. The summed E-state index contributed by atoms with van der Waals surface area (Å²) in [5.41, 5.74) is 2.30. The Hall–Kier alpha value is -1.77. The van der Waals surface area contributed by atoms with Crippen LogP contribution in [-0.4, -0.2) is 6.09 Å². The molecule has 3 nitrogen and oxygen atoms in total. The molecule has 1 N–H and O–H groups in total. The highest BCUT2D eigenvalue weighted by atomic mass is 16.5. The predicted octanol–water partition coefficient (Wildman–Crippen LogP) is 4.88. The molecule has 0 radical (unpaired) electrons. The normalized spacial score (nSPS) is 10.8. The van der Waals surface area contributed by atoms with E-state index in [0.29, 0.717) is 5.75 Å². The molecule has 110 valence electrons. The lowest BCUT2D eigenvalue weighted by atomic mass is 10.1. The molecule has 0 bridgehead atoms. The van der Waals surface area contributed by atoms with Gasteiger partial charge in [0, 0.05) is 6.20 Å². The predicted molar refractivity (Wildman–Crippen MR) is 83.0 cm³/mol. The van der Waals surface area contributed by atoms with Crippen LogP contribution in [-0.2, 0) is 0 Å². The molecular weight excluding hydrogens is 250 g/mol. The SMILES string of the molecule is CCCCCCC=CNC(=O)Oc1ccc(C)c(C)c1. The van der Waals surface area contributed by atoms with Crippen LogP contribution in [0.15, 0.2) is 30.5 Å². The Morgan fingerprint density at radius 2 is 2.00 bits per heavy atom. The molecule has 0 aliphatic rings. The molecule has 0 saturated heterocycles. The quantitative estimate of drug-likeness (QED) is 0.720. The van der Waals surface area contributed by atoms with Crippen LogP contribution in [0.4, 0.5) is 4.79 Å². The number of carbonyl (C=O) groups is 1. The van der Waals surface area contributed by atoms with Crippen molar-refractivity contribution >= 4 is 6.09 Å². The van der Waals surface area contributed by atoms with Gasteiger partial charge in [-0.15, -0.1) is 0 Å². The van der Waals surface area contributed by atoms with Crippen LogP contribution in [0.25, 0.3) is 0 Å². The fraction of sp³-hybridized carbons (Fsp3) is 0.471. The van der Waals surface area contributed by atoms with Gasteiger partial charge in [-0.1, -0.05) is 38.3 Å². The lowest BCUT2D eigenvalue weighted by Crippen LogP contribution is -2.21. The molecule has 0 spiro atoms. The van der Waals surface area contributed by atoms with E-state index in [9.17, 15) is 4.79 Å². The summed E-state index contributed by atoms with van der Waals surface area (Å²) in [6.45, 7) is 6.22. The van der Waals surface area contributed by atoms with E-state index < -0.39 is 6.09 Å². The van der Waals surface area contributed by atoms with Gasteiger partial charge in [-0.25, -0.2) is 4.79 Å². The van der Waals surface area contributed by atoms with E-state index in [0.717, 1.165) is 18.4 Å². The largest absolute Gasteiger partial charge is 0.416 e. The lowest BCUT2D eigenvalue weighted by molar-refractivity contribution is 0.204. The van der Waals surface area contributed by atoms with E-state index in [-0.39, 0.29) is 0 Å². The highest BCUT2D eigenvalue weighted by Crippen LogP contribution is 2.16. The summed E-state index contributed by atoms with van der Waals surface area (Å²) in [6, 6.07) is 5.61. The van der Waals surface area contributed by atoms with Crippen molar-refractivity contribution in [1.29, 1.82) is 0 Å². The first kappa shape index (κ1) is 16.3. The zero-order chi connectivity index (χ0) is 14.8. The van der Waals surface area contributed by atoms with Crippen LogP contribution < -0.4 is 10.1 Å². The minimum Gasteiger partial charge on any atom is -0.410 e. The van der Waals surface area contributed by atoms with Crippen molar-refractivity contribution in [3.63, 3.8) is 0 Å². The topological polar surface area (TPSA) is 38.3 Å². The zero-order valence-corrected chi connectivity index (χ0v) is 12.7. The zero-order valence-electron chi connectivity index (χ0n) is 12.7.